The van der Waals surface area contributed by atoms with Gasteiger partial charge in [0.15, 0.2) is 5.78 Å². The van der Waals surface area contributed by atoms with Crippen molar-refractivity contribution < 1.29 is 19.1 Å². The number of benzene rings is 2. The molecule has 0 N–H and O–H groups in total. The maximum Gasteiger partial charge on any atom is 0.347 e. The SMILES string of the molecule is CC(=O)c1ccc(C)cc1OC(=O)c1ccccc1OC(C)C. The van der Waals surface area contributed by atoms with E-state index in [9.17, 15) is 9.59 Å². The number of ketones is 1. The summed E-state index contributed by atoms with van der Waals surface area (Å²) < 4.78 is 11.1. The zero-order valence-corrected chi connectivity index (χ0v) is 13.8. The van der Waals surface area contributed by atoms with Crippen molar-refractivity contribution in [2.45, 2.75) is 33.8 Å². The average Bonchev–Trinajstić information content (AvgIpc) is 2.46. The number of hydrogen-bond donors (Lipinski definition) is 0. The molecule has 4 nitrogen and oxygen atoms in total. The molecule has 0 saturated carbocycles. The van der Waals surface area contributed by atoms with Crippen molar-refractivity contribution in [1.82, 2.24) is 0 Å². The Morgan fingerprint density at radius 1 is 0.957 bits per heavy atom. The fourth-order valence-electron chi connectivity index (χ4n) is 2.15. The summed E-state index contributed by atoms with van der Waals surface area (Å²) in [4.78, 5) is 24.2. The van der Waals surface area contributed by atoms with E-state index in [-0.39, 0.29) is 17.6 Å². The van der Waals surface area contributed by atoms with Crippen molar-refractivity contribution in [3.8, 4) is 11.5 Å². The minimum atomic E-state index is -0.547. The number of esters is 1. The van der Waals surface area contributed by atoms with E-state index in [0.29, 0.717) is 16.9 Å². The molecule has 0 aliphatic rings. The molecule has 0 amide bonds. The summed E-state index contributed by atoms with van der Waals surface area (Å²) in [5.74, 6) is 0.0280. The van der Waals surface area contributed by atoms with Crippen LogP contribution in [0.25, 0.3) is 0 Å². The second-order valence-corrected chi connectivity index (χ2v) is 5.61. The van der Waals surface area contributed by atoms with Gasteiger partial charge in [-0.25, -0.2) is 4.79 Å². The molecule has 0 heterocycles. The zero-order chi connectivity index (χ0) is 17.0. The normalized spacial score (nSPS) is 10.5. The molecular weight excluding hydrogens is 292 g/mol. The summed E-state index contributed by atoms with van der Waals surface area (Å²) in [6, 6.07) is 12.1. The molecule has 0 spiro atoms. The largest absolute Gasteiger partial charge is 0.490 e. The number of Topliss-reactive ketones (excluding diaryl/α,β-unsaturated/α-hetero) is 1. The van der Waals surface area contributed by atoms with Gasteiger partial charge in [-0.05, 0) is 57.5 Å². The molecule has 0 aliphatic heterocycles. The second-order valence-electron chi connectivity index (χ2n) is 5.61. The maximum atomic E-state index is 12.5. The van der Waals surface area contributed by atoms with Gasteiger partial charge in [0.05, 0.1) is 11.7 Å². The monoisotopic (exact) mass is 312 g/mol. The average molecular weight is 312 g/mol. The van der Waals surface area contributed by atoms with E-state index >= 15 is 0 Å². The smallest absolute Gasteiger partial charge is 0.347 e. The van der Waals surface area contributed by atoms with Crippen LogP contribution in [0.15, 0.2) is 42.5 Å². The Hall–Kier alpha value is -2.62. The van der Waals surface area contributed by atoms with Crippen LogP contribution in [0, 0.1) is 6.92 Å². The first kappa shape index (κ1) is 16.7. The van der Waals surface area contributed by atoms with Crippen LogP contribution in [-0.2, 0) is 0 Å². The van der Waals surface area contributed by atoms with Crippen LogP contribution < -0.4 is 9.47 Å². The van der Waals surface area contributed by atoms with E-state index in [1.54, 1.807) is 36.4 Å². The van der Waals surface area contributed by atoms with Crippen molar-refractivity contribution >= 4 is 11.8 Å². The number of carbonyl (C=O) groups is 2. The lowest BCUT2D eigenvalue weighted by Crippen LogP contribution is -2.15. The molecule has 23 heavy (non-hydrogen) atoms. The van der Waals surface area contributed by atoms with Gasteiger partial charge < -0.3 is 9.47 Å². The molecular formula is C19H20O4. The predicted octanol–water partition coefficient (Wildman–Crippen LogP) is 4.20. The molecule has 0 bridgehead atoms. The quantitative estimate of drug-likeness (QED) is 0.471. The lowest BCUT2D eigenvalue weighted by atomic mass is 10.1. The highest BCUT2D eigenvalue weighted by molar-refractivity contribution is 5.99. The van der Waals surface area contributed by atoms with E-state index in [1.807, 2.05) is 26.8 Å². The number of para-hydroxylation sites is 1. The summed E-state index contributed by atoms with van der Waals surface area (Å²) in [6.45, 7) is 7.09. The van der Waals surface area contributed by atoms with Crippen LogP contribution in [0.3, 0.4) is 0 Å². The number of hydrogen-bond acceptors (Lipinski definition) is 4. The van der Waals surface area contributed by atoms with Gasteiger partial charge in [-0.1, -0.05) is 18.2 Å². The molecule has 4 heteroatoms. The number of ether oxygens (including phenoxy) is 2. The Kier molecular flexibility index (Phi) is 5.16. The predicted molar refractivity (Wildman–Crippen MR) is 88.3 cm³/mol. The highest BCUT2D eigenvalue weighted by Crippen LogP contribution is 2.25. The van der Waals surface area contributed by atoms with E-state index in [0.717, 1.165) is 5.56 Å². The van der Waals surface area contributed by atoms with Gasteiger partial charge in [0.1, 0.15) is 17.1 Å². The fourth-order valence-corrected chi connectivity index (χ4v) is 2.15. The van der Waals surface area contributed by atoms with Crippen LogP contribution in [-0.4, -0.2) is 17.9 Å². The van der Waals surface area contributed by atoms with Gasteiger partial charge in [-0.15, -0.1) is 0 Å². The molecule has 0 unspecified atom stereocenters. The van der Waals surface area contributed by atoms with Crippen LogP contribution >= 0.6 is 0 Å². The number of carbonyl (C=O) groups excluding carboxylic acids is 2. The van der Waals surface area contributed by atoms with Crippen molar-refractivity contribution in [1.29, 1.82) is 0 Å². The molecule has 0 saturated heterocycles. The van der Waals surface area contributed by atoms with E-state index in [4.69, 9.17) is 9.47 Å². The molecule has 2 aromatic rings. The maximum absolute atomic E-state index is 12.5. The Labute approximate surface area is 136 Å². The van der Waals surface area contributed by atoms with E-state index in [2.05, 4.69) is 0 Å². The third kappa shape index (κ3) is 4.19. The molecule has 2 rings (SSSR count). The van der Waals surface area contributed by atoms with Crippen molar-refractivity contribution in [3.63, 3.8) is 0 Å². The zero-order valence-electron chi connectivity index (χ0n) is 13.8. The Morgan fingerprint density at radius 3 is 2.30 bits per heavy atom. The minimum Gasteiger partial charge on any atom is -0.490 e. The van der Waals surface area contributed by atoms with Crippen molar-refractivity contribution in [2.75, 3.05) is 0 Å². The lowest BCUT2D eigenvalue weighted by Gasteiger charge is -2.14. The summed E-state index contributed by atoms with van der Waals surface area (Å²) in [5.41, 5.74) is 1.62. The number of aryl methyl sites for hydroxylation is 1. The highest BCUT2D eigenvalue weighted by Gasteiger charge is 2.18. The fraction of sp³-hybridized carbons (Fsp3) is 0.263. The Bertz CT molecular complexity index is 732. The van der Waals surface area contributed by atoms with Gasteiger partial charge in [0.25, 0.3) is 0 Å². The molecule has 0 atom stereocenters. The summed E-state index contributed by atoms with van der Waals surface area (Å²) in [6.07, 6.45) is -0.0595. The molecule has 0 fully saturated rings. The lowest BCUT2D eigenvalue weighted by molar-refractivity contribution is 0.0726. The standard InChI is InChI=1S/C19H20O4/c1-12(2)22-17-8-6-5-7-16(17)19(21)23-18-11-13(3)9-10-15(18)14(4)20/h5-12H,1-4H3. The Balaban J connectivity index is 2.33. The third-order valence-corrected chi connectivity index (χ3v) is 3.19. The van der Waals surface area contributed by atoms with Crippen LogP contribution in [0.5, 0.6) is 11.5 Å². The molecule has 0 aliphatic carbocycles. The molecule has 0 radical (unpaired) electrons. The molecule has 0 aromatic heterocycles. The van der Waals surface area contributed by atoms with Crippen molar-refractivity contribution in [2.24, 2.45) is 0 Å². The van der Waals surface area contributed by atoms with E-state index in [1.165, 1.54) is 6.92 Å². The summed E-state index contributed by atoms with van der Waals surface area (Å²) in [5, 5.41) is 0. The van der Waals surface area contributed by atoms with Crippen molar-refractivity contribution in [3.05, 3.63) is 59.2 Å². The Morgan fingerprint density at radius 2 is 1.65 bits per heavy atom. The third-order valence-electron chi connectivity index (χ3n) is 3.19. The van der Waals surface area contributed by atoms with E-state index < -0.39 is 5.97 Å². The van der Waals surface area contributed by atoms with Gasteiger partial charge in [0.2, 0.25) is 0 Å². The van der Waals surface area contributed by atoms with Crippen LogP contribution in [0.4, 0.5) is 0 Å². The second kappa shape index (κ2) is 7.09. The molecule has 2 aromatic carbocycles. The van der Waals surface area contributed by atoms with Crippen LogP contribution in [0.1, 0.15) is 47.1 Å². The number of rotatable bonds is 5. The first-order valence-electron chi connectivity index (χ1n) is 7.48. The summed E-state index contributed by atoms with van der Waals surface area (Å²) >= 11 is 0. The highest BCUT2D eigenvalue weighted by atomic mass is 16.5. The topological polar surface area (TPSA) is 52.6 Å². The van der Waals surface area contributed by atoms with Gasteiger partial charge >= 0.3 is 5.97 Å². The van der Waals surface area contributed by atoms with Gasteiger partial charge in [0, 0.05) is 0 Å². The minimum absolute atomic E-state index is 0.0595. The first-order valence-corrected chi connectivity index (χ1v) is 7.48. The summed E-state index contributed by atoms with van der Waals surface area (Å²) in [7, 11) is 0. The van der Waals surface area contributed by atoms with Gasteiger partial charge in [-0.2, -0.15) is 0 Å². The first-order chi connectivity index (χ1) is 10.9. The molecule has 120 valence electrons. The van der Waals surface area contributed by atoms with Crippen LogP contribution in [0.2, 0.25) is 0 Å². The van der Waals surface area contributed by atoms with Gasteiger partial charge in [-0.3, -0.25) is 4.79 Å².